The minimum Gasteiger partial charge on any atom is -0.356 e. The van der Waals surface area contributed by atoms with Gasteiger partial charge in [-0.1, -0.05) is 17.3 Å². The van der Waals surface area contributed by atoms with Gasteiger partial charge in [0.25, 0.3) is 0 Å². The summed E-state index contributed by atoms with van der Waals surface area (Å²) in [4.78, 5) is 22.6. The molecule has 0 fully saturated rings. The third-order valence-corrected chi connectivity index (χ3v) is 3.98. The van der Waals surface area contributed by atoms with Crippen molar-refractivity contribution in [2.75, 3.05) is 6.54 Å². The summed E-state index contributed by atoms with van der Waals surface area (Å²) in [5.74, 6) is 0.0496. The van der Waals surface area contributed by atoms with Crippen molar-refractivity contribution in [1.29, 1.82) is 0 Å². The highest BCUT2D eigenvalue weighted by Crippen LogP contribution is 2.20. The maximum atomic E-state index is 12.5. The van der Waals surface area contributed by atoms with Gasteiger partial charge < -0.3 is 9.42 Å². The second kappa shape index (κ2) is 5.22. The van der Waals surface area contributed by atoms with Crippen molar-refractivity contribution in [2.24, 2.45) is 0 Å². The van der Waals surface area contributed by atoms with Crippen LogP contribution in [-0.4, -0.2) is 32.5 Å². The van der Waals surface area contributed by atoms with Crippen LogP contribution in [0.2, 0.25) is 0 Å². The van der Waals surface area contributed by atoms with Gasteiger partial charge in [0.2, 0.25) is 5.91 Å². The third kappa shape index (κ3) is 2.22. The molecule has 0 unspecified atom stereocenters. The molecule has 110 valence electrons. The molecular weight excluding hydrogens is 280 g/mol. The number of carbonyl (C=O) groups is 1. The van der Waals surface area contributed by atoms with Gasteiger partial charge in [-0.05, 0) is 12.1 Å². The molecule has 1 aliphatic rings. The average Bonchev–Trinajstić information content (AvgIpc) is 2.97. The molecule has 1 aromatic carbocycles. The fourth-order valence-corrected chi connectivity index (χ4v) is 2.80. The number of aromatic nitrogens is 3. The summed E-state index contributed by atoms with van der Waals surface area (Å²) < 4.78 is 5.25. The van der Waals surface area contributed by atoms with Gasteiger partial charge in [-0.15, -0.1) is 0 Å². The van der Waals surface area contributed by atoms with Crippen LogP contribution in [0.3, 0.4) is 0 Å². The van der Waals surface area contributed by atoms with Crippen molar-refractivity contribution in [3.8, 4) is 0 Å². The van der Waals surface area contributed by atoms with Gasteiger partial charge in [0.15, 0.2) is 5.58 Å². The van der Waals surface area contributed by atoms with E-state index in [1.54, 1.807) is 12.5 Å². The van der Waals surface area contributed by atoms with E-state index in [1.807, 2.05) is 29.2 Å². The quantitative estimate of drug-likeness (QED) is 0.720. The minimum absolute atomic E-state index is 0.0496. The summed E-state index contributed by atoms with van der Waals surface area (Å²) in [5.41, 5.74) is 3.46. The monoisotopic (exact) mass is 294 g/mol. The lowest BCUT2D eigenvalue weighted by Gasteiger charge is -2.27. The molecule has 0 spiro atoms. The number of rotatable bonds is 2. The number of fused-ring (bicyclic) bond motifs is 2. The van der Waals surface area contributed by atoms with Crippen LogP contribution in [0, 0.1) is 0 Å². The lowest BCUT2D eigenvalue weighted by molar-refractivity contribution is -0.131. The van der Waals surface area contributed by atoms with Crippen LogP contribution in [-0.2, 0) is 24.2 Å². The van der Waals surface area contributed by atoms with E-state index in [2.05, 4.69) is 15.1 Å². The van der Waals surface area contributed by atoms with Crippen LogP contribution in [0.15, 0.2) is 41.3 Å². The van der Waals surface area contributed by atoms with E-state index in [4.69, 9.17) is 4.52 Å². The Bertz CT molecular complexity index is 843. The predicted molar refractivity (Wildman–Crippen MR) is 78.9 cm³/mol. The third-order valence-electron chi connectivity index (χ3n) is 3.98. The molecule has 22 heavy (non-hydrogen) atoms. The van der Waals surface area contributed by atoms with E-state index in [-0.39, 0.29) is 12.3 Å². The first-order valence-electron chi connectivity index (χ1n) is 7.20. The highest BCUT2D eigenvalue weighted by molar-refractivity contribution is 5.86. The zero-order valence-electron chi connectivity index (χ0n) is 11.9. The van der Waals surface area contributed by atoms with Crippen molar-refractivity contribution in [3.05, 3.63) is 53.7 Å². The van der Waals surface area contributed by atoms with Gasteiger partial charge in [0.1, 0.15) is 12.0 Å². The summed E-state index contributed by atoms with van der Waals surface area (Å²) in [6.45, 7) is 1.24. The van der Waals surface area contributed by atoms with Gasteiger partial charge in [0, 0.05) is 36.7 Å². The van der Waals surface area contributed by atoms with Gasteiger partial charge in [-0.2, -0.15) is 0 Å². The highest BCUT2D eigenvalue weighted by atomic mass is 16.5. The van der Waals surface area contributed by atoms with Crippen molar-refractivity contribution >= 4 is 16.9 Å². The molecule has 0 aliphatic carbocycles. The van der Waals surface area contributed by atoms with Gasteiger partial charge >= 0.3 is 0 Å². The number of hydrogen-bond donors (Lipinski definition) is 0. The van der Waals surface area contributed by atoms with E-state index in [9.17, 15) is 4.79 Å². The number of benzene rings is 1. The molecule has 1 aliphatic heterocycles. The molecule has 6 nitrogen and oxygen atoms in total. The van der Waals surface area contributed by atoms with Crippen molar-refractivity contribution < 1.29 is 9.32 Å². The van der Waals surface area contributed by atoms with Crippen LogP contribution >= 0.6 is 0 Å². The summed E-state index contributed by atoms with van der Waals surface area (Å²) in [5, 5.41) is 4.93. The number of amides is 1. The van der Waals surface area contributed by atoms with Crippen molar-refractivity contribution in [1.82, 2.24) is 20.0 Å². The minimum atomic E-state index is 0.0496. The Hall–Kier alpha value is -2.76. The zero-order valence-corrected chi connectivity index (χ0v) is 11.9. The molecule has 1 amide bonds. The second-order valence-corrected chi connectivity index (χ2v) is 5.36. The van der Waals surface area contributed by atoms with E-state index in [0.717, 1.165) is 23.1 Å². The fourth-order valence-electron chi connectivity index (χ4n) is 2.80. The van der Waals surface area contributed by atoms with E-state index in [1.165, 1.54) is 0 Å². The van der Waals surface area contributed by atoms with Gasteiger partial charge in [-0.25, -0.2) is 9.97 Å². The largest absolute Gasteiger partial charge is 0.356 e. The Balaban J connectivity index is 1.54. The van der Waals surface area contributed by atoms with Gasteiger partial charge in [-0.3, -0.25) is 4.79 Å². The molecule has 0 atom stereocenters. The number of carbonyl (C=O) groups excluding carboxylic acids is 1. The number of para-hydroxylation sites is 1. The molecule has 6 heteroatoms. The van der Waals surface area contributed by atoms with E-state index < -0.39 is 0 Å². The summed E-state index contributed by atoms with van der Waals surface area (Å²) >= 11 is 0. The Morgan fingerprint density at radius 1 is 1.32 bits per heavy atom. The van der Waals surface area contributed by atoms with Crippen LogP contribution in [0.4, 0.5) is 0 Å². The lowest BCUT2D eigenvalue weighted by atomic mass is 10.1. The molecule has 3 heterocycles. The maximum Gasteiger partial charge on any atom is 0.229 e. The Morgan fingerprint density at radius 3 is 3.18 bits per heavy atom. The van der Waals surface area contributed by atoms with Crippen molar-refractivity contribution in [3.63, 3.8) is 0 Å². The van der Waals surface area contributed by atoms with Crippen LogP contribution in [0.5, 0.6) is 0 Å². The summed E-state index contributed by atoms with van der Waals surface area (Å²) in [6, 6.07) is 7.58. The molecular formula is C16H14N4O2. The molecule has 0 N–H and O–H groups in total. The molecule has 3 aromatic rings. The molecule has 0 radical (unpaired) electrons. The molecule has 2 aromatic heterocycles. The first-order chi connectivity index (χ1) is 10.8. The molecule has 0 saturated carbocycles. The molecule has 0 saturated heterocycles. The smallest absolute Gasteiger partial charge is 0.229 e. The lowest BCUT2D eigenvalue weighted by Crippen LogP contribution is -2.37. The summed E-state index contributed by atoms with van der Waals surface area (Å²) in [7, 11) is 0. The Labute approximate surface area is 126 Å². The Morgan fingerprint density at radius 2 is 2.23 bits per heavy atom. The van der Waals surface area contributed by atoms with Crippen LogP contribution < -0.4 is 0 Å². The molecule has 4 rings (SSSR count). The predicted octanol–water partition coefficient (Wildman–Crippen LogP) is 1.75. The van der Waals surface area contributed by atoms with Gasteiger partial charge in [0.05, 0.1) is 12.1 Å². The van der Waals surface area contributed by atoms with Crippen LogP contribution in [0.25, 0.3) is 11.0 Å². The second-order valence-electron chi connectivity index (χ2n) is 5.36. The maximum absolute atomic E-state index is 12.5. The Kier molecular flexibility index (Phi) is 3.07. The van der Waals surface area contributed by atoms with Crippen LogP contribution in [0.1, 0.15) is 17.0 Å². The molecule has 0 bridgehead atoms. The fraction of sp³-hybridized carbons (Fsp3) is 0.250. The number of hydrogen-bond acceptors (Lipinski definition) is 5. The first-order valence-corrected chi connectivity index (χ1v) is 7.20. The SMILES string of the molecule is O=C(Cc1noc2ccccc12)N1CCc2ncncc2C1. The standard InChI is InChI=1S/C16H14N4O2/c21-16(7-14-12-3-1-2-4-15(12)22-19-14)20-6-5-13-11(9-20)8-17-10-18-13/h1-4,8,10H,5-7,9H2. The normalized spacial score (nSPS) is 14.1. The zero-order chi connectivity index (χ0) is 14.9. The summed E-state index contributed by atoms with van der Waals surface area (Å²) in [6.07, 6.45) is 4.36. The van der Waals surface area contributed by atoms with Crippen molar-refractivity contribution in [2.45, 2.75) is 19.4 Å². The van der Waals surface area contributed by atoms with E-state index in [0.29, 0.717) is 24.4 Å². The topological polar surface area (TPSA) is 72.1 Å². The number of nitrogens with zero attached hydrogens (tertiary/aromatic N) is 4. The van der Waals surface area contributed by atoms with E-state index >= 15 is 0 Å². The highest BCUT2D eigenvalue weighted by Gasteiger charge is 2.23. The first kappa shape index (κ1) is 12.9. The average molecular weight is 294 g/mol.